The van der Waals surface area contributed by atoms with Crippen molar-refractivity contribution in [2.24, 2.45) is 0 Å². The zero-order chi connectivity index (χ0) is 13.5. The largest absolute Gasteiger partial charge is 0.306 e. The molecule has 0 aliphatic heterocycles. The average Bonchev–Trinajstić information content (AvgIpc) is 2.91. The summed E-state index contributed by atoms with van der Waals surface area (Å²) in [5.41, 5.74) is 1.28. The van der Waals surface area contributed by atoms with Crippen LogP contribution in [0.25, 0.3) is 0 Å². The van der Waals surface area contributed by atoms with Gasteiger partial charge in [-0.25, -0.2) is 4.98 Å². The van der Waals surface area contributed by atoms with Gasteiger partial charge >= 0.3 is 0 Å². The van der Waals surface area contributed by atoms with Crippen molar-refractivity contribution in [3.63, 3.8) is 0 Å². The van der Waals surface area contributed by atoms with Gasteiger partial charge in [-0.3, -0.25) is 0 Å². The van der Waals surface area contributed by atoms with E-state index in [2.05, 4.69) is 40.9 Å². The van der Waals surface area contributed by atoms with E-state index in [1.165, 1.54) is 17.8 Å². The lowest BCUT2D eigenvalue weighted by atomic mass is 9.98. The van der Waals surface area contributed by atoms with Crippen LogP contribution in [0, 0.1) is 0 Å². The smallest absolute Gasteiger partial charge is 0.191 e. The minimum absolute atomic E-state index is 0.140. The fraction of sp³-hybridized carbons (Fsp3) is 0.615. The SMILES string of the molecule is CC(C)(C)c1nc(CSc2nncn2C2CC2)cs1. The summed E-state index contributed by atoms with van der Waals surface area (Å²) >= 11 is 3.48. The number of hydrogen-bond donors (Lipinski definition) is 0. The molecule has 0 saturated heterocycles. The first kappa shape index (κ1) is 13.1. The molecule has 6 heteroatoms. The molecular formula is C13H18N4S2. The average molecular weight is 294 g/mol. The highest BCUT2D eigenvalue weighted by atomic mass is 32.2. The quantitative estimate of drug-likeness (QED) is 0.807. The Morgan fingerprint density at radius 3 is 2.84 bits per heavy atom. The van der Waals surface area contributed by atoms with Crippen LogP contribution in [0.1, 0.15) is 50.4 Å². The predicted octanol–water partition coefficient (Wildman–Crippen LogP) is 3.66. The van der Waals surface area contributed by atoms with Gasteiger partial charge in [0.2, 0.25) is 0 Å². The minimum atomic E-state index is 0.140. The standard InChI is InChI=1S/C13H18N4S2/c1-13(2,3)11-15-9(6-18-11)7-19-12-16-14-8-17(12)10-4-5-10/h6,8,10H,4-5,7H2,1-3H3. The maximum Gasteiger partial charge on any atom is 0.191 e. The molecule has 1 aliphatic rings. The Labute approximate surface area is 121 Å². The van der Waals surface area contributed by atoms with Gasteiger partial charge in [-0.05, 0) is 12.8 Å². The first-order chi connectivity index (χ1) is 9.04. The topological polar surface area (TPSA) is 43.6 Å². The summed E-state index contributed by atoms with van der Waals surface area (Å²) in [6.07, 6.45) is 4.37. The van der Waals surface area contributed by atoms with E-state index >= 15 is 0 Å². The Morgan fingerprint density at radius 1 is 1.42 bits per heavy atom. The van der Waals surface area contributed by atoms with E-state index in [0.29, 0.717) is 6.04 Å². The van der Waals surface area contributed by atoms with Crippen molar-refractivity contribution in [2.45, 2.75) is 56.0 Å². The van der Waals surface area contributed by atoms with E-state index in [1.807, 2.05) is 6.33 Å². The summed E-state index contributed by atoms with van der Waals surface area (Å²) in [6, 6.07) is 0.637. The number of thiazole rings is 1. The van der Waals surface area contributed by atoms with Crippen molar-refractivity contribution in [1.82, 2.24) is 19.7 Å². The van der Waals surface area contributed by atoms with Crippen LogP contribution in [-0.4, -0.2) is 19.7 Å². The number of thioether (sulfide) groups is 1. The van der Waals surface area contributed by atoms with E-state index in [4.69, 9.17) is 4.98 Å². The first-order valence-electron chi connectivity index (χ1n) is 6.51. The number of hydrogen-bond acceptors (Lipinski definition) is 5. The van der Waals surface area contributed by atoms with Crippen molar-refractivity contribution >= 4 is 23.1 Å². The molecule has 0 bridgehead atoms. The van der Waals surface area contributed by atoms with Crippen molar-refractivity contribution in [3.8, 4) is 0 Å². The molecule has 0 amide bonds. The number of rotatable bonds is 4. The highest BCUT2D eigenvalue weighted by Crippen LogP contribution is 2.38. The van der Waals surface area contributed by atoms with Gasteiger partial charge in [0.05, 0.1) is 10.7 Å². The Morgan fingerprint density at radius 2 is 2.21 bits per heavy atom. The highest BCUT2D eigenvalue weighted by molar-refractivity contribution is 7.98. The van der Waals surface area contributed by atoms with Crippen LogP contribution >= 0.6 is 23.1 Å². The summed E-state index contributed by atoms with van der Waals surface area (Å²) in [5, 5.41) is 12.6. The Kier molecular flexibility index (Phi) is 3.39. The third-order valence-electron chi connectivity index (χ3n) is 3.02. The van der Waals surface area contributed by atoms with Gasteiger partial charge < -0.3 is 4.57 Å². The molecule has 1 fully saturated rings. The van der Waals surface area contributed by atoms with Gasteiger partial charge in [-0.2, -0.15) is 0 Å². The van der Waals surface area contributed by atoms with Crippen LogP contribution in [0.5, 0.6) is 0 Å². The van der Waals surface area contributed by atoms with E-state index < -0.39 is 0 Å². The third kappa shape index (κ3) is 3.00. The molecule has 1 aliphatic carbocycles. The molecule has 0 unspecified atom stereocenters. The molecule has 0 spiro atoms. The third-order valence-corrected chi connectivity index (χ3v) is 5.33. The van der Waals surface area contributed by atoms with Crippen LogP contribution in [0.15, 0.2) is 16.9 Å². The predicted molar refractivity (Wildman–Crippen MR) is 78.7 cm³/mol. The van der Waals surface area contributed by atoms with E-state index in [-0.39, 0.29) is 5.41 Å². The Hall–Kier alpha value is -0.880. The highest BCUT2D eigenvalue weighted by Gasteiger charge is 2.26. The second-order valence-electron chi connectivity index (χ2n) is 5.93. The molecule has 3 rings (SSSR count). The summed E-state index contributed by atoms with van der Waals surface area (Å²) in [5.74, 6) is 0.873. The van der Waals surface area contributed by atoms with E-state index in [0.717, 1.165) is 16.6 Å². The maximum atomic E-state index is 4.71. The monoisotopic (exact) mass is 294 g/mol. The molecule has 2 aromatic heterocycles. The van der Waals surface area contributed by atoms with Crippen molar-refractivity contribution in [3.05, 3.63) is 22.4 Å². The van der Waals surface area contributed by atoms with Gasteiger partial charge in [0, 0.05) is 22.6 Å². The molecule has 4 nitrogen and oxygen atoms in total. The molecule has 2 aromatic rings. The second-order valence-corrected chi connectivity index (χ2v) is 7.74. The molecule has 0 aromatic carbocycles. The minimum Gasteiger partial charge on any atom is -0.306 e. The molecule has 0 N–H and O–H groups in total. The second kappa shape index (κ2) is 4.90. The molecule has 2 heterocycles. The normalized spacial score (nSPS) is 15.9. The summed E-state index contributed by atoms with van der Waals surface area (Å²) in [7, 11) is 0. The van der Waals surface area contributed by atoms with E-state index in [1.54, 1.807) is 23.1 Å². The summed E-state index contributed by atoms with van der Waals surface area (Å²) < 4.78 is 2.20. The lowest BCUT2D eigenvalue weighted by Gasteiger charge is -2.13. The van der Waals surface area contributed by atoms with Gasteiger partial charge in [-0.1, -0.05) is 32.5 Å². The van der Waals surface area contributed by atoms with Gasteiger partial charge in [0.1, 0.15) is 6.33 Å². The fourth-order valence-electron chi connectivity index (χ4n) is 1.79. The molecule has 19 heavy (non-hydrogen) atoms. The number of nitrogens with zero attached hydrogens (tertiary/aromatic N) is 4. The summed E-state index contributed by atoms with van der Waals surface area (Å²) in [4.78, 5) is 4.71. The van der Waals surface area contributed by atoms with Crippen LogP contribution < -0.4 is 0 Å². The Balaban J connectivity index is 1.65. The lowest BCUT2D eigenvalue weighted by Crippen LogP contribution is -2.10. The van der Waals surface area contributed by atoms with Crippen LogP contribution in [-0.2, 0) is 11.2 Å². The first-order valence-corrected chi connectivity index (χ1v) is 8.38. The molecular weight excluding hydrogens is 276 g/mol. The van der Waals surface area contributed by atoms with Gasteiger partial charge in [0.15, 0.2) is 5.16 Å². The van der Waals surface area contributed by atoms with Crippen LogP contribution in [0.3, 0.4) is 0 Å². The molecule has 0 atom stereocenters. The number of aromatic nitrogens is 4. The molecule has 102 valence electrons. The zero-order valence-corrected chi connectivity index (χ0v) is 13.1. The van der Waals surface area contributed by atoms with Crippen LogP contribution in [0.4, 0.5) is 0 Å². The Bertz CT molecular complexity index is 563. The molecule has 1 saturated carbocycles. The molecule has 0 radical (unpaired) electrons. The lowest BCUT2D eigenvalue weighted by molar-refractivity contribution is 0.584. The van der Waals surface area contributed by atoms with Crippen molar-refractivity contribution in [1.29, 1.82) is 0 Å². The van der Waals surface area contributed by atoms with Crippen LogP contribution in [0.2, 0.25) is 0 Å². The maximum absolute atomic E-state index is 4.71. The van der Waals surface area contributed by atoms with Gasteiger partial charge in [-0.15, -0.1) is 21.5 Å². The van der Waals surface area contributed by atoms with E-state index in [9.17, 15) is 0 Å². The van der Waals surface area contributed by atoms with Crippen molar-refractivity contribution < 1.29 is 0 Å². The van der Waals surface area contributed by atoms with Crippen molar-refractivity contribution in [2.75, 3.05) is 0 Å². The zero-order valence-electron chi connectivity index (χ0n) is 11.5. The fourth-order valence-corrected chi connectivity index (χ4v) is 3.68. The van der Waals surface area contributed by atoms with Gasteiger partial charge in [0.25, 0.3) is 0 Å². The summed E-state index contributed by atoms with van der Waals surface area (Å²) in [6.45, 7) is 6.60.